The van der Waals surface area contributed by atoms with Crippen molar-refractivity contribution in [3.05, 3.63) is 27.8 Å². The normalized spacial score (nSPS) is 10.2. The third kappa shape index (κ3) is 1.28. The van der Waals surface area contributed by atoms with E-state index in [2.05, 4.69) is 12.2 Å². The van der Waals surface area contributed by atoms with E-state index in [9.17, 15) is 13.2 Å². The molecule has 1 heterocycles. The van der Waals surface area contributed by atoms with E-state index in [4.69, 9.17) is 0 Å². The average Bonchev–Trinajstić information content (AvgIpc) is 1.97. The molecule has 0 saturated carbocycles. The average molecular weight is 179 g/mol. The molecule has 0 bridgehead atoms. The maximum Gasteiger partial charge on any atom is 0.229 e. The van der Waals surface area contributed by atoms with Gasteiger partial charge in [0.2, 0.25) is 5.95 Å². The third-order valence-electron chi connectivity index (χ3n) is 1.22. The van der Waals surface area contributed by atoms with E-state index in [1.54, 1.807) is 0 Å². The molecular formula is C6H4F3NS. The number of hydrogen-bond donors (Lipinski definition) is 1. The Morgan fingerprint density at radius 1 is 1.18 bits per heavy atom. The topological polar surface area (TPSA) is 15.8 Å². The largest absolute Gasteiger partial charge is 0.331 e. The van der Waals surface area contributed by atoms with E-state index < -0.39 is 22.1 Å². The first kappa shape index (κ1) is 8.26. The van der Waals surface area contributed by atoms with E-state index in [-0.39, 0.29) is 5.69 Å². The van der Waals surface area contributed by atoms with Crippen molar-refractivity contribution in [1.82, 2.24) is 4.98 Å². The van der Waals surface area contributed by atoms with E-state index in [0.29, 0.717) is 0 Å². The van der Waals surface area contributed by atoms with Gasteiger partial charge in [0.15, 0.2) is 11.6 Å². The smallest absolute Gasteiger partial charge is 0.229 e. The number of aromatic amines is 1. The minimum atomic E-state index is -1.34. The molecule has 11 heavy (non-hydrogen) atoms. The molecule has 0 atom stereocenters. The summed E-state index contributed by atoms with van der Waals surface area (Å²) < 4.78 is 36.7. The molecule has 0 unspecified atom stereocenters. The van der Waals surface area contributed by atoms with E-state index in [0.717, 1.165) is 0 Å². The van der Waals surface area contributed by atoms with Gasteiger partial charge in [-0.05, 0) is 6.92 Å². The van der Waals surface area contributed by atoms with Crippen LogP contribution in [0.15, 0.2) is 0 Å². The molecule has 1 nitrogen and oxygen atoms in total. The first-order chi connectivity index (χ1) is 5.04. The van der Waals surface area contributed by atoms with Crippen LogP contribution in [0, 0.1) is 29.0 Å². The van der Waals surface area contributed by atoms with Crippen molar-refractivity contribution in [2.24, 2.45) is 0 Å². The van der Waals surface area contributed by atoms with E-state index in [1.807, 2.05) is 4.98 Å². The lowest BCUT2D eigenvalue weighted by atomic mass is 10.3. The monoisotopic (exact) mass is 179 g/mol. The fraction of sp³-hybridized carbons (Fsp3) is 0.167. The first-order valence-electron chi connectivity index (χ1n) is 2.77. The van der Waals surface area contributed by atoms with Gasteiger partial charge in [-0.3, -0.25) is 0 Å². The predicted octanol–water partition coefficient (Wildman–Crippen LogP) is 2.47. The van der Waals surface area contributed by atoms with Gasteiger partial charge >= 0.3 is 0 Å². The molecule has 0 aliphatic rings. The first-order valence-corrected chi connectivity index (χ1v) is 3.18. The summed E-state index contributed by atoms with van der Waals surface area (Å²) in [5, 5.41) is 0. The summed E-state index contributed by atoms with van der Waals surface area (Å²) in [5.74, 6) is -3.49. The number of rotatable bonds is 0. The van der Waals surface area contributed by atoms with Crippen molar-refractivity contribution in [2.45, 2.75) is 6.92 Å². The summed E-state index contributed by atoms with van der Waals surface area (Å²) >= 11 is 4.26. The van der Waals surface area contributed by atoms with Crippen molar-refractivity contribution < 1.29 is 13.2 Å². The molecule has 0 saturated heterocycles. The Labute approximate surface area is 65.9 Å². The van der Waals surface area contributed by atoms with E-state index in [1.165, 1.54) is 6.92 Å². The molecule has 1 rings (SSSR count). The Morgan fingerprint density at radius 2 is 1.73 bits per heavy atom. The van der Waals surface area contributed by atoms with Gasteiger partial charge in [0.05, 0.1) is 5.69 Å². The highest BCUT2D eigenvalue weighted by molar-refractivity contribution is 7.71. The number of H-pyrrole nitrogens is 1. The molecule has 0 aromatic carbocycles. The van der Waals surface area contributed by atoms with Crippen LogP contribution in [-0.2, 0) is 0 Å². The Bertz CT molecular complexity index is 315. The summed E-state index contributed by atoms with van der Waals surface area (Å²) in [4.78, 5) is 1.86. The predicted molar refractivity (Wildman–Crippen MR) is 36.2 cm³/mol. The second-order valence-electron chi connectivity index (χ2n) is 2.02. The highest BCUT2D eigenvalue weighted by atomic mass is 32.1. The van der Waals surface area contributed by atoms with Crippen LogP contribution in [-0.4, -0.2) is 4.98 Å². The van der Waals surface area contributed by atoms with Gasteiger partial charge in [-0.2, -0.15) is 4.39 Å². The van der Waals surface area contributed by atoms with Crippen LogP contribution in [0.5, 0.6) is 0 Å². The lowest BCUT2D eigenvalue weighted by Gasteiger charge is -1.98. The quantitative estimate of drug-likeness (QED) is 0.477. The van der Waals surface area contributed by atoms with Gasteiger partial charge in [0.25, 0.3) is 0 Å². The number of aromatic nitrogens is 1. The molecule has 60 valence electrons. The van der Waals surface area contributed by atoms with Crippen LogP contribution < -0.4 is 0 Å². The van der Waals surface area contributed by atoms with Gasteiger partial charge in [0, 0.05) is 0 Å². The molecule has 1 aromatic rings. The number of halogens is 3. The molecule has 1 aromatic heterocycles. The molecular weight excluding hydrogens is 175 g/mol. The maximum atomic E-state index is 12.6. The second kappa shape index (κ2) is 2.65. The van der Waals surface area contributed by atoms with Crippen LogP contribution in [0.25, 0.3) is 0 Å². The Hall–Kier alpha value is -0.840. The summed E-state index contributed by atoms with van der Waals surface area (Å²) in [6.45, 7) is 1.27. The molecule has 5 heteroatoms. The zero-order valence-corrected chi connectivity index (χ0v) is 6.36. The van der Waals surface area contributed by atoms with E-state index >= 15 is 0 Å². The van der Waals surface area contributed by atoms with Crippen molar-refractivity contribution in [3.8, 4) is 0 Å². The summed E-state index contributed by atoms with van der Waals surface area (Å²) in [7, 11) is 0. The minimum Gasteiger partial charge on any atom is -0.331 e. The van der Waals surface area contributed by atoms with Gasteiger partial charge < -0.3 is 4.98 Å². The van der Waals surface area contributed by atoms with Crippen LogP contribution in [0.3, 0.4) is 0 Å². The van der Waals surface area contributed by atoms with Gasteiger partial charge in [0.1, 0.15) is 4.51 Å². The van der Waals surface area contributed by atoms with Crippen molar-refractivity contribution in [1.29, 1.82) is 0 Å². The molecule has 0 amide bonds. The number of pyridine rings is 1. The molecule has 0 radical (unpaired) electrons. The second-order valence-corrected chi connectivity index (χ2v) is 2.43. The van der Waals surface area contributed by atoms with Crippen molar-refractivity contribution in [2.75, 3.05) is 0 Å². The summed E-state index contributed by atoms with van der Waals surface area (Å²) in [6, 6.07) is 0. The third-order valence-corrected chi connectivity index (χ3v) is 1.58. The highest BCUT2D eigenvalue weighted by Gasteiger charge is 2.10. The molecule has 1 N–H and O–H groups in total. The Kier molecular flexibility index (Phi) is 1.99. The zero-order chi connectivity index (χ0) is 8.59. The fourth-order valence-corrected chi connectivity index (χ4v) is 0.883. The maximum absolute atomic E-state index is 12.6. The van der Waals surface area contributed by atoms with Crippen LogP contribution >= 0.6 is 12.2 Å². The van der Waals surface area contributed by atoms with Gasteiger partial charge in [-0.25, -0.2) is 8.78 Å². The van der Waals surface area contributed by atoms with Crippen molar-refractivity contribution >= 4 is 12.2 Å². The molecule has 0 aliphatic carbocycles. The minimum absolute atomic E-state index is 0.103. The van der Waals surface area contributed by atoms with Crippen LogP contribution in [0.4, 0.5) is 13.2 Å². The number of aryl methyl sites for hydroxylation is 1. The fourth-order valence-electron chi connectivity index (χ4n) is 0.641. The number of nitrogens with one attached hydrogen (secondary N) is 1. The lowest BCUT2D eigenvalue weighted by Crippen LogP contribution is -1.98. The number of hydrogen-bond acceptors (Lipinski definition) is 1. The Morgan fingerprint density at radius 3 is 2.27 bits per heavy atom. The van der Waals surface area contributed by atoms with Crippen LogP contribution in [0.1, 0.15) is 5.69 Å². The highest BCUT2D eigenvalue weighted by Crippen LogP contribution is 2.11. The lowest BCUT2D eigenvalue weighted by molar-refractivity contribution is 0.455. The van der Waals surface area contributed by atoms with Crippen molar-refractivity contribution in [3.63, 3.8) is 0 Å². The summed E-state index contributed by atoms with van der Waals surface area (Å²) in [6.07, 6.45) is 0. The molecule has 0 aliphatic heterocycles. The van der Waals surface area contributed by atoms with Gasteiger partial charge in [-0.1, -0.05) is 12.2 Å². The van der Waals surface area contributed by atoms with Gasteiger partial charge in [-0.15, -0.1) is 0 Å². The zero-order valence-electron chi connectivity index (χ0n) is 5.54. The standard InChI is InChI=1S/C6H4F3NS/c1-2-3(7)5(11)4(8)6(9)10-2/h1H3,(H,10,11). The van der Waals surface area contributed by atoms with Crippen LogP contribution in [0.2, 0.25) is 0 Å². The summed E-state index contributed by atoms with van der Waals surface area (Å²) in [5.41, 5.74) is -0.103. The molecule has 0 spiro atoms. The Balaban J connectivity index is 3.59. The molecule has 0 fully saturated rings. The SMILES string of the molecule is Cc1[nH]c(F)c(F)c(=S)c1F.